The van der Waals surface area contributed by atoms with Crippen molar-refractivity contribution in [2.24, 2.45) is 5.92 Å². The first-order valence-electron chi connectivity index (χ1n) is 6.31. The Bertz CT molecular complexity index is 624. The lowest BCUT2D eigenvalue weighted by atomic mass is 9.99. The Morgan fingerprint density at radius 1 is 1.42 bits per heavy atom. The van der Waals surface area contributed by atoms with Gasteiger partial charge in [-0.25, -0.2) is 4.63 Å². The molecule has 1 saturated heterocycles. The normalized spacial score (nSPS) is 19.8. The highest BCUT2D eigenvalue weighted by Crippen LogP contribution is 2.33. The average molecular weight is 262 g/mol. The molecule has 0 N–H and O–H groups in total. The largest absolute Gasteiger partial charge is 0.369 e. The van der Waals surface area contributed by atoms with Crippen molar-refractivity contribution >= 4 is 22.4 Å². The molecule has 1 unspecified atom stereocenters. The van der Waals surface area contributed by atoms with Crippen molar-refractivity contribution in [3.05, 3.63) is 22.2 Å². The van der Waals surface area contributed by atoms with Crippen LogP contribution < -0.4 is 4.90 Å². The molecule has 3 rings (SSSR count). The molecule has 0 spiro atoms. The Morgan fingerprint density at radius 3 is 2.95 bits per heavy atom. The van der Waals surface area contributed by atoms with Crippen LogP contribution in [0.5, 0.6) is 0 Å². The van der Waals surface area contributed by atoms with E-state index in [0.717, 1.165) is 25.2 Å². The van der Waals surface area contributed by atoms with Crippen LogP contribution in [0.4, 0.5) is 11.4 Å². The zero-order valence-electron chi connectivity index (χ0n) is 10.6. The maximum absolute atomic E-state index is 10.9. The molecule has 7 heteroatoms. The predicted octanol–water partition coefficient (Wildman–Crippen LogP) is 2.37. The molecule has 100 valence electrons. The molecule has 2 heterocycles. The van der Waals surface area contributed by atoms with Gasteiger partial charge in [-0.2, -0.15) is 0 Å². The van der Waals surface area contributed by atoms with Crippen LogP contribution in [-0.2, 0) is 0 Å². The minimum Gasteiger partial charge on any atom is -0.369 e. The molecule has 1 fully saturated rings. The van der Waals surface area contributed by atoms with Gasteiger partial charge >= 0.3 is 5.69 Å². The summed E-state index contributed by atoms with van der Waals surface area (Å²) in [6, 6.07) is 3.21. The Labute approximate surface area is 109 Å². The highest BCUT2D eigenvalue weighted by molar-refractivity contribution is 5.93. The Balaban J connectivity index is 2.07. The summed E-state index contributed by atoms with van der Waals surface area (Å²) in [7, 11) is 0. The summed E-state index contributed by atoms with van der Waals surface area (Å²) in [6.45, 7) is 4.07. The number of nitro groups is 1. The van der Waals surface area contributed by atoms with Gasteiger partial charge in [-0.15, -0.1) is 0 Å². The first kappa shape index (κ1) is 11.9. The summed E-state index contributed by atoms with van der Waals surface area (Å²) in [4.78, 5) is 12.7. The van der Waals surface area contributed by atoms with Crippen molar-refractivity contribution < 1.29 is 9.55 Å². The zero-order valence-corrected chi connectivity index (χ0v) is 10.6. The molecule has 1 aliphatic heterocycles. The third-order valence-electron chi connectivity index (χ3n) is 3.57. The molecule has 7 nitrogen and oxygen atoms in total. The van der Waals surface area contributed by atoms with Crippen molar-refractivity contribution in [2.45, 2.75) is 19.8 Å². The van der Waals surface area contributed by atoms with E-state index in [-0.39, 0.29) is 11.2 Å². The van der Waals surface area contributed by atoms with Gasteiger partial charge in [0.1, 0.15) is 0 Å². The fourth-order valence-electron chi connectivity index (χ4n) is 2.65. The molecule has 0 bridgehead atoms. The van der Waals surface area contributed by atoms with E-state index in [1.807, 2.05) is 0 Å². The number of piperidine rings is 1. The van der Waals surface area contributed by atoms with E-state index < -0.39 is 4.92 Å². The molecular weight excluding hydrogens is 248 g/mol. The first-order chi connectivity index (χ1) is 9.16. The van der Waals surface area contributed by atoms with E-state index in [9.17, 15) is 10.1 Å². The third kappa shape index (κ3) is 2.00. The maximum Gasteiger partial charge on any atom is 0.300 e. The first-order valence-corrected chi connectivity index (χ1v) is 6.31. The number of benzene rings is 1. The van der Waals surface area contributed by atoms with E-state index >= 15 is 0 Å². The lowest BCUT2D eigenvalue weighted by molar-refractivity contribution is -0.383. The number of non-ortho nitro benzene ring substituents is 1. The van der Waals surface area contributed by atoms with Crippen LogP contribution in [0.15, 0.2) is 16.8 Å². The van der Waals surface area contributed by atoms with Crippen LogP contribution in [-0.4, -0.2) is 28.3 Å². The SMILES string of the molecule is CC1CCCN(c2ccc([N+](=O)[O-])c3nonc23)C1. The standard InChI is InChI=1S/C12H14N4O3/c1-8-3-2-6-15(7-8)9-4-5-10(16(17)18)12-11(9)13-19-14-12/h4-5,8H,2-3,6-7H2,1H3. The number of nitrogens with zero attached hydrogens (tertiary/aromatic N) is 4. The number of nitro benzene ring substituents is 1. The fraction of sp³-hybridized carbons (Fsp3) is 0.500. The van der Waals surface area contributed by atoms with E-state index in [1.54, 1.807) is 6.07 Å². The highest BCUT2D eigenvalue weighted by Gasteiger charge is 2.24. The van der Waals surface area contributed by atoms with E-state index in [1.165, 1.54) is 12.5 Å². The monoisotopic (exact) mass is 262 g/mol. The van der Waals surface area contributed by atoms with Crippen LogP contribution >= 0.6 is 0 Å². The lowest BCUT2D eigenvalue weighted by Gasteiger charge is -2.32. The van der Waals surface area contributed by atoms with Crippen LogP contribution in [0.25, 0.3) is 11.0 Å². The molecule has 0 radical (unpaired) electrons. The number of rotatable bonds is 2. The number of aromatic nitrogens is 2. The van der Waals surface area contributed by atoms with Crippen molar-refractivity contribution in [1.82, 2.24) is 10.3 Å². The van der Waals surface area contributed by atoms with Crippen LogP contribution in [0.2, 0.25) is 0 Å². The van der Waals surface area contributed by atoms with Gasteiger partial charge in [-0.1, -0.05) is 6.92 Å². The number of hydrogen-bond donors (Lipinski definition) is 0. The molecule has 1 aromatic carbocycles. The van der Waals surface area contributed by atoms with Gasteiger partial charge in [0, 0.05) is 19.2 Å². The van der Waals surface area contributed by atoms with Crippen LogP contribution in [0.1, 0.15) is 19.8 Å². The van der Waals surface area contributed by atoms with Crippen LogP contribution in [0.3, 0.4) is 0 Å². The zero-order chi connectivity index (χ0) is 13.4. The van der Waals surface area contributed by atoms with E-state index in [2.05, 4.69) is 26.8 Å². The molecule has 1 aromatic heterocycles. The molecule has 1 atom stereocenters. The molecule has 19 heavy (non-hydrogen) atoms. The summed E-state index contributed by atoms with van der Waals surface area (Å²) < 4.78 is 4.68. The van der Waals surface area contributed by atoms with Crippen molar-refractivity contribution in [3.8, 4) is 0 Å². The smallest absolute Gasteiger partial charge is 0.300 e. The second-order valence-corrected chi connectivity index (χ2v) is 5.02. The van der Waals surface area contributed by atoms with Gasteiger partial charge in [-0.05, 0) is 35.1 Å². The predicted molar refractivity (Wildman–Crippen MR) is 69.1 cm³/mol. The van der Waals surface area contributed by atoms with E-state index in [4.69, 9.17) is 0 Å². The lowest BCUT2D eigenvalue weighted by Crippen LogP contribution is -2.34. The topological polar surface area (TPSA) is 85.3 Å². The number of anilines is 1. The maximum atomic E-state index is 10.9. The molecule has 0 aliphatic carbocycles. The fourth-order valence-corrected chi connectivity index (χ4v) is 2.65. The van der Waals surface area contributed by atoms with E-state index in [0.29, 0.717) is 11.4 Å². The molecule has 1 aliphatic rings. The minimum absolute atomic E-state index is 0.0648. The molecule has 0 amide bonds. The van der Waals surface area contributed by atoms with Crippen molar-refractivity contribution in [3.63, 3.8) is 0 Å². The second kappa shape index (κ2) is 4.49. The van der Waals surface area contributed by atoms with Crippen molar-refractivity contribution in [2.75, 3.05) is 18.0 Å². The van der Waals surface area contributed by atoms with Gasteiger partial charge in [0.15, 0.2) is 5.52 Å². The Kier molecular flexibility index (Phi) is 2.81. The summed E-state index contributed by atoms with van der Waals surface area (Å²) in [6.07, 6.45) is 2.33. The summed E-state index contributed by atoms with van der Waals surface area (Å²) in [5, 5.41) is 18.4. The highest BCUT2D eigenvalue weighted by atomic mass is 16.6. The summed E-state index contributed by atoms with van der Waals surface area (Å²) >= 11 is 0. The number of fused-ring (bicyclic) bond motifs is 1. The molecule has 2 aromatic rings. The van der Waals surface area contributed by atoms with Crippen LogP contribution in [0, 0.1) is 16.0 Å². The minimum atomic E-state index is -0.463. The van der Waals surface area contributed by atoms with Crippen molar-refractivity contribution in [1.29, 1.82) is 0 Å². The van der Waals surface area contributed by atoms with Gasteiger partial charge in [0.05, 0.1) is 10.6 Å². The van der Waals surface area contributed by atoms with Gasteiger partial charge in [0.2, 0.25) is 5.52 Å². The van der Waals surface area contributed by atoms with Gasteiger partial charge < -0.3 is 4.90 Å². The summed E-state index contributed by atoms with van der Waals surface area (Å²) in [5.41, 5.74) is 1.50. The average Bonchev–Trinajstić information content (AvgIpc) is 2.86. The quantitative estimate of drug-likeness (QED) is 0.610. The molecule has 0 saturated carbocycles. The van der Waals surface area contributed by atoms with Gasteiger partial charge in [0.25, 0.3) is 0 Å². The third-order valence-corrected chi connectivity index (χ3v) is 3.57. The number of hydrogen-bond acceptors (Lipinski definition) is 6. The summed E-state index contributed by atoms with van der Waals surface area (Å²) in [5.74, 6) is 0.610. The Hall–Kier alpha value is -2.18. The second-order valence-electron chi connectivity index (χ2n) is 5.02. The Morgan fingerprint density at radius 2 is 2.21 bits per heavy atom. The van der Waals surface area contributed by atoms with Gasteiger partial charge in [-0.3, -0.25) is 10.1 Å². The molecular formula is C12H14N4O3.